The number of carbonyl (C=O) groups is 1. The number of aromatic nitrogens is 3. The van der Waals surface area contributed by atoms with Gasteiger partial charge in [0.15, 0.2) is 17.1 Å². The molecule has 2 saturated heterocycles. The van der Waals surface area contributed by atoms with E-state index >= 15 is 0 Å². The lowest BCUT2D eigenvalue weighted by Gasteiger charge is -2.35. The van der Waals surface area contributed by atoms with Crippen molar-refractivity contribution in [2.45, 2.75) is 45.6 Å². The van der Waals surface area contributed by atoms with Gasteiger partial charge in [0.2, 0.25) is 0 Å². The number of piperidine rings is 1. The molecule has 2 aliphatic rings. The minimum absolute atomic E-state index is 0.119. The van der Waals surface area contributed by atoms with E-state index in [1.54, 1.807) is 18.2 Å². The number of phenolic OH excluding ortho intramolecular Hbond substituents is 1. The molecule has 0 spiro atoms. The number of likely N-dealkylation sites (tertiary alicyclic amines) is 1. The first-order valence-corrected chi connectivity index (χ1v) is 11.7. The van der Waals surface area contributed by atoms with Crippen molar-refractivity contribution in [3.63, 3.8) is 0 Å². The molecule has 4 heterocycles. The van der Waals surface area contributed by atoms with Gasteiger partial charge in [-0.1, -0.05) is 13.0 Å². The lowest BCUT2D eigenvalue weighted by atomic mass is 9.98. The molecule has 0 bridgehead atoms. The Morgan fingerprint density at radius 3 is 2.82 bits per heavy atom. The number of carbonyl (C=O) groups excluding carboxylic acids is 1. The molecule has 2 atom stereocenters. The maximum Gasteiger partial charge on any atom is 0.258 e. The summed E-state index contributed by atoms with van der Waals surface area (Å²) in [6.45, 7) is 7.03. The number of fused-ring (bicyclic) bond motifs is 1. The summed E-state index contributed by atoms with van der Waals surface area (Å²) in [5, 5.41) is 15.4. The molecule has 0 radical (unpaired) electrons. The molecule has 1 N–H and O–H groups in total. The minimum atomic E-state index is -0.205. The van der Waals surface area contributed by atoms with Crippen molar-refractivity contribution in [1.29, 1.82) is 0 Å². The molecule has 1 amide bonds. The van der Waals surface area contributed by atoms with Gasteiger partial charge in [0.05, 0.1) is 24.4 Å². The lowest BCUT2D eigenvalue weighted by molar-refractivity contribution is 0.0602. The highest BCUT2D eigenvalue weighted by Crippen LogP contribution is 2.36. The summed E-state index contributed by atoms with van der Waals surface area (Å²) in [5.41, 5.74) is 2.99. The maximum atomic E-state index is 13.5. The number of benzene rings is 1. The minimum Gasteiger partial charge on any atom is -0.504 e. The molecule has 2 fully saturated rings. The zero-order valence-corrected chi connectivity index (χ0v) is 19.5. The Bertz CT molecular complexity index is 1190. The highest BCUT2D eigenvalue weighted by molar-refractivity contribution is 5.98. The van der Waals surface area contributed by atoms with E-state index in [4.69, 9.17) is 14.8 Å². The monoisotopic (exact) mass is 449 g/mol. The predicted octanol–water partition coefficient (Wildman–Crippen LogP) is 3.97. The van der Waals surface area contributed by atoms with Crippen molar-refractivity contribution in [1.82, 2.24) is 19.5 Å². The van der Waals surface area contributed by atoms with Crippen molar-refractivity contribution >= 4 is 17.4 Å². The number of nitrogens with zero attached hydrogens (tertiary/aromatic N) is 5. The second kappa shape index (κ2) is 8.57. The molecular formula is C25H31N5O3. The van der Waals surface area contributed by atoms with Crippen LogP contribution in [0.5, 0.6) is 11.5 Å². The Hall–Kier alpha value is -3.29. The molecule has 174 valence electrons. The second-order valence-corrected chi connectivity index (χ2v) is 9.33. The normalized spacial score (nSPS) is 21.1. The van der Waals surface area contributed by atoms with Gasteiger partial charge in [-0.25, -0.2) is 9.50 Å². The van der Waals surface area contributed by atoms with Gasteiger partial charge in [-0.2, -0.15) is 5.10 Å². The van der Waals surface area contributed by atoms with Crippen LogP contribution in [0.2, 0.25) is 0 Å². The zero-order valence-electron chi connectivity index (χ0n) is 19.5. The van der Waals surface area contributed by atoms with E-state index in [2.05, 4.69) is 18.7 Å². The molecule has 8 nitrogen and oxygen atoms in total. The number of amides is 1. The van der Waals surface area contributed by atoms with Crippen LogP contribution in [0.15, 0.2) is 30.5 Å². The summed E-state index contributed by atoms with van der Waals surface area (Å²) in [7, 11) is 1.48. The van der Waals surface area contributed by atoms with Crippen LogP contribution >= 0.6 is 0 Å². The zero-order chi connectivity index (χ0) is 23.1. The Labute approximate surface area is 193 Å². The Morgan fingerprint density at radius 2 is 2.06 bits per heavy atom. The molecule has 0 aliphatic carbocycles. The molecule has 2 aliphatic heterocycles. The van der Waals surface area contributed by atoms with Crippen molar-refractivity contribution in [2.75, 3.05) is 31.6 Å². The molecule has 1 aromatic carbocycles. The first-order valence-electron chi connectivity index (χ1n) is 11.7. The standard InChI is InChI=1S/C25H31N5O3/c1-16-10-12-28(14-16)24-17(2)15-30-22(26-24)13-19(27-30)20-8-4-5-11-29(20)25(32)18-7-6-9-21(33-3)23(18)31/h6-7,9,13,15-16,20,31H,4-5,8,10-12,14H2,1-3H3/t16-,20-/m0/s1. The third kappa shape index (κ3) is 3.87. The van der Waals surface area contributed by atoms with E-state index in [1.165, 1.54) is 13.5 Å². The average Bonchev–Trinajstić information content (AvgIpc) is 3.44. The van der Waals surface area contributed by atoms with Crippen LogP contribution in [0.3, 0.4) is 0 Å². The van der Waals surface area contributed by atoms with Crippen molar-refractivity contribution < 1.29 is 14.6 Å². The van der Waals surface area contributed by atoms with E-state index in [-0.39, 0.29) is 23.3 Å². The lowest BCUT2D eigenvalue weighted by Crippen LogP contribution is -2.38. The smallest absolute Gasteiger partial charge is 0.258 e. The van der Waals surface area contributed by atoms with Gasteiger partial charge in [0.1, 0.15) is 5.82 Å². The van der Waals surface area contributed by atoms with E-state index < -0.39 is 0 Å². The van der Waals surface area contributed by atoms with Crippen LogP contribution in [0, 0.1) is 12.8 Å². The van der Waals surface area contributed by atoms with E-state index in [0.29, 0.717) is 18.2 Å². The molecule has 2 aromatic heterocycles. The van der Waals surface area contributed by atoms with Gasteiger partial charge < -0.3 is 19.6 Å². The number of aromatic hydroxyl groups is 1. The first-order chi connectivity index (χ1) is 16.0. The topological polar surface area (TPSA) is 83.2 Å². The fourth-order valence-electron chi connectivity index (χ4n) is 5.13. The predicted molar refractivity (Wildman–Crippen MR) is 126 cm³/mol. The summed E-state index contributed by atoms with van der Waals surface area (Å²) < 4.78 is 7.02. The summed E-state index contributed by atoms with van der Waals surface area (Å²) in [5.74, 6) is 1.68. The number of hydrogen-bond acceptors (Lipinski definition) is 6. The summed E-state index contributed by atoms with van der Waals surface area (Å²) in [6, 6.07) is 6.86. The fraction of sp³-hybridized carbons (Fsp3) is 0.480. The Kier molecular flexibility index (Phi) is 5.60. The van der Waals surface area contributed by atoms with Crippen molar-refractivity contribution in [2.24, 2.45) is 5.92 Å². The average molecular weight is 450 g/mol. The fourth-order valence-corrected chi connectivity index (χ4v) is 5.13. The number of ether oxygens (including phenoxy) is 1. The van der Waals surface area contributed by atoms with E-state index in [1.807, 2.05) is 21.7 Å². The summed E-state index contributed by atoms with van der Waals surface area (Å²) in [6.07, 6.45) is 6.00. The van der Waals surface area contributed by atoms with Gasteiger partial charge >= 0.3 is 0 Å². The van der Waals surface area contributed by atoms with Crippen LogP contribution in [0.1, 0.15) is 60.3 Å². The van der Waals surface area contributed by atoms with Gasteiger partial charge in [-0.05, 0) is 50.7 Å². The number of phenols is 1. The molecule has 5 rings (SSSR count). The molecular weight excluding hydrogens is 418 g/mol. The van der Waals surface area contributed by atoms with E-state index in [9.17, 15) is 9.90 Å². The summed E-state index contributed by atoms with van der Waals surface area (Å²) >= 11 is 0. The number of methoxy groups -OCH3 is 1. The van der Waals surface area contributed by atoms with Crippen LogP contribution in [-0.2, 0) is 0 Å². The number of anilines is 1. The van der Waals surface area contributed by atoms with Crippen molar-refractivity contribution in [3.8, 4) is 11.5 Å². The summed E-state index contributed by atoms with van der Waals surface area (Å²) in [4.78, 5) is 22.6. The largest absolute Gasteiger partial charge is 0.504 e. The van der Waals surface area contributed by atoms with Crippen LogP contribution < -0.4 is 9.64 Å². The number of aryl methyl sites for hydroxylation is 1. The molecule has 0 saturated carbocycles. The highest BCUT2D eigenvalue weighted by atomic mass is 16.5. The number of hydrogen-bond donors (Lipinski definition) is 1. The van der Waals surface area contributed by atoms with Gasteiger partial charge in [0, 0.05) is 37.5 Å². The maximum absolute atomic E-state index is 13.5. The molecule has 3 aromatic rings. The van der Waals surface area contributed by atoms with Gasteiger partial charge in [0.25, 0.3) is 5.91 Å². The Morgan fingerprint density at radius 1 is 1.21 bits per heavy atom. The third-order valence-electron chi connectivity index (χ3n) is 6.90. The van der Waals surface area contributed by atoms with Gasteiger partial charge in [-0.15, -0.1) is 0 Å². The van der Waals surface area contributed by atoms with Crippen LogP contribution in [0.25, 0.3) is 5.65 Å². The second-order valence-electron chi connectivity index (χ2n) is 9.33. The van der Waals surface area contributed by atoms with E-state index in [0.717, 1.165) is 55.1 Å². The molecule has 8 heteroatoms. The highest BCUT2D eigenvalue weighted by Gasteiger charge is 2.32. The quantitative estimate of drug-likeness (QED) is 0.649. The third-order valence-corrected chi connectivity index (χ3v) is 6.90. The van der Waals surface area contributed by atoms with Crippen molar-refractivity contribution in [3.05, 3.63) is 47.3 Å². The van der Waals surface area contributed by atoms with Crippen LogP contribution in [-0.4, -0.2) is 57.3 Å². The SMILES string of the molecule is COc1cccc(C(=O)N2CCCC[C@H]2c2cc3nc(N4CC[C@H](C)C4)c(C)cn3n2)c1O. The Balaban J connectivity index is 1.48. The molecule has 33 heavy (non-hydrogen) atoms. The molecule has 0 unspecified atom stereocenters. The number of para-hydroxylation sites is 1. The van der Waals surface area contributed by atoms with Crippen LogP contribution in [0.4, 0.5) is 5.82 Å². The van der Waals surface area contributed by atoms with Gasteiger partial charge in [-0.3, -0.25) is 4.79 Å². The first kappa shape index (κ1) is 21.6. The number of rotatable bonds is 4.